The minimum absolute atomic E-state index is 0.0241. The molecule has 1 fully saturated rings. The fourth-order valence-electron chi connectivity index (χ4n) is 3.43. The highest BCUT2D eigenvalue weighted by molar-refractivity contribution is 5.95. The molecule has 0 aliphatic carbocycles. The van der Waals surface area contributed by atoms with Crippen molar-refractivity contribution in [3.05, 3.63) is 65.2 Å². The van der Waals surface area contributed by atoms with Gasteiger partial charge in [0.05, 0.1) is 14.2 Å². The highest BCUT2D eigenvalue weighted by Crippen LogP contribution is 2.30. The smallest absolute Gasteiger partial charge is 0.254 e. The van der Waals surface area contributed by atoms with Gasteiger partial charge in [-0.25, -0.2) is 0 Å². The van der Waals surface area contributed by atoms with Gasteiger partial charge < -0.3 is 14.4 Å². The molecule has 0 radical (unpaired) electrons. The monoisotopic (exact) mass is 380 g/mol. The predicted molar refractivity (Wildman–Crippen MR) is 112 cm³/mol. The van der Waals surface area contributed by atoms with E-state index >= 15 is 0 Å². The van der Waals surface area contributed by atoms with Crippen LogP contribution in [0.2, 0.25) is 0 Å². The highest BCUT2D eigenvalue weighted by atomic mass is 16.5. The lowest BCUT2D eigenvalue weighted by Gasteiger charge is -2.34. The molecular weight excluding hydrogens is 352 g/mol. The van der Waals surface area contributed by atoms with Crippen LogP contribution in [-0.2, 0) is 0 Å². The van der Waals surface area contributed by atoms with Crippen molar-refractivity contribution in [2.75, 3.05) is 46.9 Å². The normalized spacial score (nSPS) is 15.0. The van der Waals surface area contributed by atoms with E-state index < -0.39 is 0 Å². The first kappa shape index (κ1) is 20.0. The first-order valence-corrected chi connectivity index (χ1v) is 9.58. The predicted octanol–water partition coefficient (Wildman–Crippen LogP) is 3.48. The zero-order valence-corrected chi connectivity index (χ0v) is 16.9. The zero-order chi connectivity index (χ0) is 19.9. The van der Waals surface area contributed by atoms with E-state index in [4.69, 9.17) is 9.47 Å². The lowest BCUT2D eigenvalue weighted by Crippen LogP contribution is -2.48. The molecule has 0 atom stereocenters. The number of nitrogens with zero attached hydrogens (tertiary/aromatic N) is 2. The molecule has 28 heavy (non-hydrogen) atoms. The van der Waals surface area contributed by atoms with E-state index in [0.717, 1.165) is 38.3 Å². The van der Waals surface area contributed by atoms with E-state index in [1.54, 1.807) is 26.4 Å². The van der Waals surface area contributed by atoms with Crippen molar-refractivity contribution in [3.63, 3.8) is 0 Å². The molecule has 0 unspecified atom stereocenters. The lowest BCUT2D eigenvalue weighted by molar-refractivity contribution is 0.0649. The Kier molecular flexibility index (Phi) is 6.71. The minimum Gasteiger partial charge on any atom is -0.496 e. The molecule has 0 saturated carbocycles. The second-order valence-corrected chi connectivity index (χ2v) is 6.91. The molecule has 1 saturated heterocycles. The number of benzene rings is 2. The largest absolute Gasteiger partial charge is 0.496 e. The Morgan fingerprint density at radius 2 is 1.61 bits per heavy atom. The van der Waals surface area contributed by atoms with Crippen LogP contribution in [0, 0.1) is 6.92 Å². The average molecular weight is 380 g/mol. The van der Waals surface area contributed by atoms with Gasteiger partial charge in [0.25, 0.3) is 5.91 Å². The van der Waals surface area contributed by atoms with Crippen molar-refractivity contribution in [1.82, 2.24) is 9.80 Å². The first-order valence-electron chi connectivity index (χ1n) is 9.58. The maximum atomic E-state index is 12.9. The van der Waals surface area contributed by atoms with Gasteiger partial charge in [-0.05, 0) is 24.6 Å². The molecule has 1 aliphatic heterocycles. The van der Waals surface area contributed by atoms with Crippen LogP contribution in [0.25, 0.3) is 6.08 Å². The Hall–Kier alpha value is -2.79. The number of ether oxygens (including phenoxy) is 2. The summed E-state index contributed by atoms with van der Waals surface area (Å²) in [6.45, 7) is 5.99. The van der Waals surface area contributed by atoms with Crippen LogP contribution in [0.1, 0.15) is 21.5 Å². The van der Waals surface area contributed by atoms with Gasteiger partial charge >= 0.3 is 0 Å². The Morgan fingerprint density at radius 3 is 2.18 bits per heavy atom. The summed E-state index contributed by atoms with van der Waals surface area (Å²) >= 11 is 0. The average Bonchev–Trinajstić information content (AvgIpc) is 2.74. The molecule has 5 nitrogen and oxygen atoms in total. The van der Waals surface area contributed by atoms with Crippen molar-refractivity contribution in [1.29, 1.82) is 0 Å². The Bertz CT molecular complexity index is 800. The van der Waals surface area contributed by atoms with Gasteiger partial charge in [0.1, 0.15) is 11.5 Å². The third-order valence-corrected chi connectivity index (χ3v) is 5.13. The van der Waals surface area contributed by atoms with E-state index in [-0.39, 0.29) is 5.91 Å². The van der Waals surface area contributed by atoms with Crippen LogP contribution < -0.4 is 9.47 Å². The summed E-state index contributed by atoms with van der Waals surface area (Å²) < 4.78 is 10.8. The molecular formula is C23H28N2O3. The van der Waals surface area contributed by atoms with Crippen molar-refractivity contribution in [2.45, 2.75) is 6.92 Å². The number of hydrogen-bond acceptors (Lipinski definition) is 4. The summed E-state index contributed by atoms with van der Waals surface area (Å²) in [4.78, 5) is 17.2. The lowest BCUT2D eigenvalue weighted by atomic mass is 10.1. The van der Waals surface area contributed by atoms with Gasteiger partial charge in [-0.2, -0.15) is 0 Å². The maximum absolute atomic E-state index is 12.9. The minimum atomic E-state index is 0.0241. The van der Waals surface area contributed by atoms with E-state index in [1.165, 1.54) is 5.56 Å². The van der Waals surface area contributed by atoms with Crippen LogP contribution in [0.5, 0.6) is 11.5 Å². The van der Waals surface area contributed by atoms with Gasteiger partial charge in [-0.3, -0.25) is 9.69 Å². The second kappa shape index (κ2) is 9.42. The van der Waals surface area contributed by atoms with Crippen molar-refractivity contribution < 1.29 is 14.3 Å². The summed E-state index contributed by atoms with van der Waals surface area (Å²) in [5.74, 6) is 1.37. The van der Waals surface area contributed by atoms with Crippen LogP contribution in [0.3, 0.4) is 0 Å². The van der Waals surface area contributed by atoms with Crippen LogP contribution in [0.15, 0.2) is 48.5 Å². The van der Waals surface area contributed by atoms with E-state index in [0.29, 0.717) is 17.1 Å². The van der Waals surface area contributed by atoms with Crippen molar-refractivity contribution >= 4 is 12.0 Å². The molecule has 0 N–H and O–H groups in total. The molecule has 1 heterocycles. The standard InChI is InChI=1S/C23H28N2O3/c1-18-21(27-2)16-20(17-22(18)28-3)23(26)25-14-12-24(13-15-25)11-7-10-19-8-5-4-6-9-19/h4-10,16-17H,11-15H2,1-3H3. The molecule has 2 aromatic carbocycles. The summed E-state index contributed by atoms with van der Waals surface area (Å²) in [6, 6.07) is 13.9. The number of carbonyl (C=O) groups is 1. The topological polar surface area (TPSA) is 42.0 Å². The number of amides is 1. The summed E-state index contributed by atoms with van der Waals surface area (Å²) in [7, 11) is 3.22. The van der Waals surface area contributed by atoms with Crippen molar-refractivity contribution in [2.24, 2.45) is 0 Å². The fourth-order valence-corrected chi connectivity index (χ4v) is 3.43. The quantitative estimate of drug-likeness (QED) is 0.769. The number of hydrogen-bond donors (Lipinski definition) is 0. The maximum Gasteiger partial charge on any atom is 0.254 e. The fraction of sp³-hybridized carbons (Fsp3) is 0.348. The first-order chi connectivity index (χ1) is 13.6. The Balaban J connectivity index is 1.57. The van der Waals surface area contributed by atoms with Crippen LogP contribution >= 0.6 is 0 Å². The van der Waals surface area contributed by atoms with Gasteiger partial charge in [0.15, 0.2) is 0 Å². The van der Waals surface area contributed by atoms with Crippen LogP contribution in [0.4, 0.5) is 0 Å². The van der Waals surface area contributed by atoms with Gasteiger partial charge in [-0.1, -0.05) is 42.5 Å². The van der Waals surface area contributed by atoms with Gasteiger partial charge in [0, 0.05) is 43.9 Å². The van der Waals surface area contributed by atoms with E-state index in [2.05, 4.69) is 29.2 Å². The molecule has 1 aliphatic rings. The SMILES string of the molecule is COc1cc(C(=O)N2CCN(CC=Cc3ccccc3)CC2)cc(OC)c1C. The summed E-state index contributed by atoms with van der Waals surface area (Å²) in [5, 5.41) is 0. The number of methoxy groups -OCH3 is 2. The third-order valence-electron chi connectivity index (χ3n) is 5.13. The molecule has 3 rings (SSSR count). The molecule has 5 heteroatoms. The molecule has 0 aromatic heterocycles. The van der Waals surface area contributed by atoms with Crippen molar-refractivity contribution in [3.8, 4) is 11.5 Å². The number of piperazine rings is 1. The third kappa shape index (κ3) is 4.73. The molecule has 0 bridgehead atoms. The molecule has 0 spiro atoms. The molecule has 148 valence electrons. The Labute approximate surface area is 167 Å². The zero-order valence-electron chi connectivity index (χ0n) is 16.9. The Morgan fingerprint density at radius 1 is 1.00 bits per heavy atom. The summed E-state index contributed by atoms with van der Waals surface area (Å²) in [6.07, 6.45) is 4.32. The van der Waals surface area contributed by atoms with Gasteiger partial charge in [-0.15, -0.1) is 0 Å². The van der Waals surface area contributed by atoms with E-state index in [9.17, 15) is 4.79 Å². The van der Waals surface area contributed by atoms with Crippen LogP contribution in [-0.4, -0.2) is 62.7 Å². The summed E-state index contributed by atoms with van der Waals surface area (Å²) in [5.41, 5.74) is 2.71. The number of rotatable bonds is 6. The van der Waals surface area contributed by atoms with Gasteiger partial charge in [0.2, 0.25) is 0 Å². The molecule has 1 amide bonds. The second-order valence-electron chi connectivity index (χ2n) is 6.91. The van der Waals surface area contributed by atoms with E-state index in [1.807, 2.05) is 30.0 Å². The molecule has 2 aromatic rings. The highest BCUT2D eigenvalue weighted by Gasteiger charge is 2.23. The number of carbonyl (C=O) groups excluding carboxylic acids is 1.